The summed E-state index contributed by atoms with van der Waals surface area (Å²) in [6.07, 6.45) is 3.53. The normalized spacial score (nSPS) is 28.1. The molecule has 0 radical (unpaired) electrons. The number of hydrogen-bond acceptors (Lipinski definition) is 3. The highest BCUT2D eigenvalue weighted by Gasteiger charge is 2.53. The van der Waals surface area contributed by atoms with E-state index in [1.54, 1.807) is 12.1 Å². The molecule has 2 heterocycles. The lowest BCUT2D eigenvalue weighted by Gasteiger charge is -2.37. The number of benzene rings is 1. The van der Waals surface area contributed by atoms with Crippen molar-refractivity contribution in [3.8, 4) is 0 Å². The van der Waals surface area contributed by atoms with Crippen LogP contribution < -0.4 is 0 Å². The predicted octanol–water partition coefficient (Wildman–Crippen LogP) is 2.59. The van der Waals surface area contributed by atoms with E-state index in [1.807, 2.05) is 4.90 Å². The average molecular weight is 361 g/mol. The minimum atomic E-state index is -0.778. The van der Waals surface area contributed by atoms with E-state index in [4.69, 9.17) is 4.74 Å². The summed E-state index contributed by atoms with van der Waals surface area (Å²) in [6.45, 7) is 1.78. The summed E-state index contributed by atoms with van der Waals surface area (Å²) in [6, 6.07) is 6.27. The third kappa shape index (κ3) is 3.00. The number of likely N-dealkylation sites (tertiary alicyclic amines) is 1. The van der Waals surface area contributed by atoms with Gasteiger partial charge in [0.1, 0.15) is 5.82 Å². The maximum Gasteiger partial charge on any atom is 0.309 e. The van der Waals surface area contributed by atoms with E-state index in [-0.39, 0.29) is 23.7 Å². The first-order valence-electron chi connectivity index (χ1n) is 9.41. The van der Waals surface area contributed by atoms with Gasteiger partial charge in [-0.1, -0.05) is 12.1 Å². The molecule has 0 spiro atoms. The minimum Gasteiger partial charge on any atom is -0.481 e. The molecule has 3 fully saturated rings. The molecule has 4 rings (SSSR count). The molecule has 1 amide bonds. The summed E-state index contributed by atoms with van der Waals surface area (Å²) in [5.41, 5.74) is 0.421. The second-order valence-electron chi connectivity index (χ2n) is 7.79. The second kappa shape index (κ2) is 6.65. The average Bonchev–Trinajstić information content (AvgIpc) is 3.30. The number of aliphatic carboxylic acids is 1. The summed E-state index contributed by atoms with van der Waals surface area (Å²) < 4.78 is 18.9. The Labute approximate surface area is 152 Å². The minimum absolute atomic E-state index is 0.129. The molecule has 1 N–H and O–H groups in total. The number of carboxylic acid groups (broad SMARTS) is 1. The molecule has 1 aliphatic carbocycles. The molecule has 6 heteroatoms. The van der Waals surface area contributed by atoms with Gasteiger partial charge in [-0.05, 0) is 55.7 Å². The smallest absolute Gasteiger partial charge is 0.309 e. The summed E-state index contributed by atoms with van der Waals surface area (Å²) in [7, 11) is 0. The standard InChI is InChI=1S/C20H24FNO4/c21-15-3-1-14(2-4-15)20(8-9-20)19(25)22-10-5-13(6-11-22)17-16(18(23)24)7-12-26-17/h1-4,13,16-17H,5-12H2,(H,23,24)/t16?,17-/m0/s1. The summed E-state index contributed by atoms with van der Waals surface area (Å²) in [5.74, 6) is -1.16. The van der Waals surface area contributed by atoms with Crippen LogP contribution in [0.4, 0.5) is 4.39 Å². The van der Waals surface area contributed by atoms with Gasteiger partial charge in [-0.2, -0.15) is 0 Å². The molecule has 2 atom stereocenters. The number of carboxylic acids is 1. The van der Waals surface area contributed by atoms with Gasteiger partial charge in [0.05, 0.1) is 17.4 Å². The van der Waals surface area contributed by atoms with Crippen molar-refractivity contribution in [2.45, 2.75) is 43.6 Å². The van der Waals surface area contributed by atoms with Gasteiger partial charge < -0.3 is 14.7 Å². The number of nitrogens with zero attached hydrogens (tertiary/aromatic N) is 1. The van der Waals surface area contributed by atoms with Crippen LogP contribution in [0.25, 0.3) is 0 Å². The summed E-state index contributed by atoms with van der Waals surface area (Å²) >= 11 is 0. The molecule has 1 aromatic carbocycles. The van der Waals surface area contributed by atoms with Gasteiger partial charge in [-0.25, -0.2) is 4.39 Å². The van der Waals surface area contributed by atoms with Crippen LogP contribution in [0.5, 0.6) is 0 Å². The third-order valence-electron chi connectivity index (χ3n) is 6.30. The molecule has 1 unspecified atom stereocenters. The zero-order valence-corrected chi connectivity index (χ0v) is 14.7. The predicted molar refractivity (Wildman–Crippen MR) is 92.1 cm³/mol. The lowest BCUT2D eigenvalue weighted by atomic mass is 9.83. The Kier molecular flexibility index (Phi) is 4.47. The Hall–Kier alpha value is -1.95. The molecule has 5 nitrogen and oxygen atoms in total. The highest BCUT2D eigenvalue weighted by Crippen LogP contribution is 2.50. The molecule has 2 saturated heterocycles. The van der Waals surface area contributed by atoms with E-state index < -0.39 is 17.3 Å². The van der Waals surface area contributed by atoms with Crippen molar-refractivity contribution in [3.63, 3.8) is 0 Å². The van der Waals surface area contributed by atoms with Crippen LogP contribution in [0.15, 0.2) is 24.3 Å². The van der Waals surface area contributed by atoms with Crippen molar-refractivity contribution in [2.75, 3.05) is 19.7 Å². The first kappa shape index (κ1) is 17.5. The Morgan fingerprint density at radius 1 is 1.12 bits per heavy atom. The van der Waals surface area contributed by atoms with Crippen LogP contribution in [0.3, 0.4) is 0 Å². The fourth-order valence-electron chi connectivity index (χ4n) is 4.59. The van der Waals surface area contributed by atoms with Crippen molar-refractivity contribution in [1.82, 2.24) is 4.90 Å². The lowest BCUT2D eigenvalue weighted by Crippen LogP contribution is -2.46. The van der Waals surface area contributed by atoms with E-state index in [1.165, 1.54) is 12.1 Å². The molecule has 0 aromatic heterocycles. The van der Waals surface area contributed by atoms with Crippen LogP contribution in [0, 0.1) is 17.7 Å². The largest absolute Gasteiger partial charge is 0.481 e. The van der Waals surface area contributed by atoms with Crippen LogP contribution >= 0.6 is 0 Å². The van der Waals surface area contributed by atoms with Gasteiger partial charge in [0.15, 0.2) is 0 Å². The molecular formula is C20H24FNO4. The Morgan fingerprint density at radius 2 is 1.77 bits per heavy atom. The van der Waals surface area contributed by atoms with Crippen LogP contribution in [-0.2, 0) is 19.7 Å². The number of ether oxygens (including phenoxy) is 1. The van der Waals surface area contributed by atoms with Gasteiger partial charge in [0, 0.05) is 19.7 Å². The topological polar surface area (TPSA) is 66.8 Å². The monoisotopic (exact) mass is 361 g/mol. The van der Waals surface area contributed by atoms with Crippen molar-refractivity contribution in [3.05, 3.63) is 35.6 Å². The van der Waals surface area contributed by atoms with Gasteiger partial charge >= 0.3 is 5.97 Å². The number of carbonyl (C=O) groups excluding carboxylic acids is 1. The van der Waals surface area contributed by atoms with E-state index in [2.05, 4.69) is 0 Å². The lowest BCUT2D eigenvalue weighted by molar-refractivity contribution is -0.146. The highest BCUT2D eigenvalue weighted by molar-refractivity contribution is 5.91. The summed E-state index contributed by atoms with van der Waals surface area (Å²) in [4.78, 5) is 26.4. The van der Waals surface area contributed by atoms with Gasteiger partial charge in [0.25, 0.3) is 0 Å². The Bertz CT molecular complexity index is 692. The summed E-state index contributed by atoms with van der Waals surface area (Å²) in [5, 5.41) is 9.34. The fourth-order valence-corrected chi connectivity index (χ4v) is 4.59. The van der Waals surface area contributed by atoms with Crippen molar-refractivity contribution in [1.29, 1.82) is 0 Å². The maximum atomic E-state index is 13.2. The highest BCUT2D eigenvalue weighted by atomic mass is 19.1. The van der Waals surface area contributed by atoms with E-state index in [0.29, 0.717) is 26.1 Å². The molecule has 2 aliphatic heterocycles. The third-order valence-corrected chi connectivity index (χ3v) is 6.30. The zero-order chi connectivity index (χ0) is 18.3. The van der Waals surface area contributed by atoms with Crippen molar-refractivity contribution in [2.24, 2.45) is 11.8 Å². The van der Waals surface area contributed by atoms with Crippen molar-refractivity contribution >= 4 is 11.9 Å². The maximum absolute atomic E-state index is 13.2. The van der Waals surface area contributed by atoms with Crippen LogP contribution in [-0.4, -0.2) is 47.7 Å². The first-order chi connectivity index (χ1) is 12.5. The molecular weight excluding hydrogens is 337 g/mol. The van der Waals surface area contributed by atoms with Crippen molar-refractivity contribution < 1.29 is 23.8 Å². The van der Waals surface area contributed by atoms with Crippen LogP contribution in [0.1, 0.15) is 37.7 Å². The van der Waals surface area contributed by atoms with Gasteiger partial charge in [-0.15, -0.1) is 0 Å². The molecule has 26 heavy (non-hydrogen) atoms. The SMILES string of the molecule is O=C(O)C1CCO[C@H]1C1CCN(C(=O)C2(c3ccc(F)cc3)CC2)CC1. The van der Waals surface area contributed by atoms with E-state index in [0.717, 1.165) is 31.2 Å². The number of hydrogen-bond donors (Lipinski definition) is 1. The fraction of sp³-hybridized carbons (Fsp3) is 0.600. The van der Waals surface area contributed by atoms with Crippen LogP contribution in [0.2, 0.25) is 0 Å². The number of piperidine rings is 1. The molecule has 1 saturated carbocycles. The number of carbonyl (C=O) groups is 2. The van der Waals surface area contributed by atoms with E-state index in [9.17, 15) is 19.1 Å². The molecule has 3 aliphatic rings. The van der Waals surface area contributed by atoms with E-state index >= 15 is 0 Å². The molecule has 1 aromatic rings. The molecule has 140 valence electrons. The zero-order valence-electron chi connectivity index (χ0n) is 14.7. The number of halogens is 1. The Balaban J connectivity index is 1.40. The van der Waals surface area contributed by atoms with Gasteiger partial charge in [0.2, 0.25) is 5.91 Å². The quantitative estimate of drug-likeness (QED) is 0.895. The Morgan fingerprint density at radius 3 is 2.35 bits per heavy atom. The number of rotatable bonds is 4. The van der Waals surface area contributed by atoms with Gasteiger partial charge in [-0.3, -0.25) is 9.59 Å². The first-order valence-corrected chi connectivity index (χ1v) is 9.41. The molecule has 0 bridgehead atoms. The second-order valence-corrected chi connectivity index (χ2v) is 7.79. The number of amides is 1.